The summed E-state index contributed by atoms with van der Waals surface area (Å²) in [5.74, 6) is 0. The second-order valence-electron chi connectivity index (χ2n) is 6.38. The molecule has 0 atom stereocenters. The third kappa shape index (κ3) is 8.41. The number of rotatable bonds is 11. The van der Waals surface area contributed by atoms with Crippen molar-refractivity contribution in [1.29, 1.82) is 5.26 Å². The Kier molecular flexibility index (Phi) is 9.80. The summed E-state index contributed by atoms with van der Waals surface area (Å²) < 4.78 is 0. The lowest BCUT2D eigenvalue weighted by molar-refractivity contribution is 0.585. The molecule has 0 aromatic carbocycles. The van der Waals surface area contributed by atoms with Crippen molar-refractivity contribution < 1.29 is 0 Å². The Hall–Kier alpha value is -1.81. The van der Waals surface area contributed by atoms with Crippen molar-refractivity contribution in [2.75, 3.05) is 0 Å². The molecular formula is C22H31N. The molecule has 0 aromatic rings. The van der Waals surface area contributed by atoms with Gasteiger partial charge in [-0.1, -0.05) is 82.4 Å². The van der Waals surface area contributed by atoms with E-state index < -0.39 is 0 Å². The predicted octanol–water partition coefficient (Wildman–Crippen LogP) is 6.97. The molecule has 0 fully saturated rings. The van der Waals surface area contributed by atoms with Gasteiger partial charge in [0.15, 0.2) is 0 Å². The van der Waals surface area contributed by atoms with E-state index >= 15 is 0 Å². The summed E-state index contributed by atoms with van der Waals surface area (Å²) in [6.07, 6.45) is 21.1. The Morgan fingerprint density at radius 1 is 1.04 bits per heavy atom. The van der Waals surface area contributed by atoms with Gasteiger partial charge < -0.3 is 0 Å². The van der Waals surface area contributed by atoms with Crippen molar-refractivity contribution in [1.82, 2.24) is 0 Å². The van der Waals surface area contributed by atoms with Gasteiger partial charge in [-0.05, 0) is 42.9 Å². The molecule has 0 saturated heterocycles. The highest BCUT2D eigenvalue weighted by molar-refractivity contribution is 5.45. The van der Waals surface area contributed by atoms with Crippen LogP contribution < -0.4 is 0 Å². The van der Waals surface area contributed by atoms with Gasteiger partial charge in [0.25, 0.3) is 0 Å². The second kappa shape index (κ2) is 11.7. The fourth-order valence-electron chi connectivity index (χ4n) is 2.81. The molecule has 0 N–H and O–H groups in total. The third-order valence-electron chi connectivity index (χ3n) is 4.38. The maximum absolute atomic E-state index is 8.70. The molecule has 0 unspecified atom stereocenters. The summed E-state index contributed by atoms with van der Waals surface area (Å²) in [7, 11) is 0. The first kappa shape index (κ1) is 19.2. The van der Waals surface area contributed by atoms with E-state index in [-0.39, 0.29) is 0 Å². The predicted molar refractivity (Wildman–Crippen MR) is 101 cm³/mol. The van der Waals surface area contributed by atoms with E-state index in [0.29, 0.717) is 5.57 Å². The molecule has 124 valence electrons. The van der Waals surface area contributed by atoms with Crippen LogP contribution in [0.2, 0.25) is 0 Å². The molecule has 0 heterocycles. The standard InChI is InChI=1S/C22H31N/c1-4-5-6-7-8-9-10-11-21-14-16-22(17-15-21)20(3)13-12-19(2)18-23/h12-14,16H,2-11,15,17H2,1H3/b13-12-. The molecular weight excluding hydrogens is 278 g/mol. The topological polar surface area (TPSA) is 23.8 Å². The molecule has 0 amide bonds. The van der Waals surface area contributed by atoms with Crippen LogP contribution in [0.1, 0.15) is 71.1 Å². The average molecular weight is 309 g/mol. The van der Waals surface area contributed by atoms with E-state index in [2.05, 4.69) is 32.2 Å². The van der Waals surface area contributed by atoms with Crippen molar-refractivity contribution in [3.63, 3.8) is 0 Å². The van der Waals surface area contributed by atoms with E-state index in [4.69, 9.17) is 5.26 Å². The highest BCUT2D eigenvalue weighted by atomic mass is 14.2. The van der Waals surface area contributed by atoms with Crippen LogP contribution in [0.3, 0.4) is 0 Å². The first-order chi connectivity index (χ1) is 11.2. The lowest BCUT2D eigenvalue weighted by Gasteiger charge is -2.15. The van der Waals surface area contributed by atoms with Crippen molar-refractivity contribution >= 4 is 0 Å². The average Bonchev–Trinajstić information content (AvgIpc) is 2.59. The van der Waals surface area contributed by atoms with Crippen LogP contribution in [0.5, 0.6) is 0 Å². The van der Waals surface area contributed by atoms with Crippen LogP contribution in [-0.2, 0) is 0 Å². The molecule has 1 nitrogen and oxygen atoms in total. The van der Waals surface area contributed by atoms with E-state index in [9.17, 15) is 0 Å². The van der Waals surface area contributed by atoms with Crippen molar-refractivity contribution in [2.45, 2.75) is 71.1 Å². The molecule has 1 aliphatic rings. The van der Waals surface area contributed by atoms with E-state index in [1.165, 1.54) is 56.9 Å². The summed E-state index contributed by atoms with van der Waals surface area (Å²) in [6.45, 7) is 10.00. The van der Waals surface area contributed by atoms with Gasteiger partial charge in [-0.15, -0.1) is 0 Å². The Bertz CT molecular complexity index is 523. The van der Waals surface area contributed by atoms with Gasteiger partial charge in [0.1, 0.15) is 0 Å². The molecule has 0 spiro atoms. The number of nitriles is 1. The number of unbranched alkanes of at least 4 members (excludes halogenated alkanes) is 6. The van der Waals surface area contributed by atoms with Crippen LogP contribution in [-0.4, -0.2) is 0 Å². The van der Waals surface area contributed by atoms with Crippen LogP contribution in [0.25, 0.3) is 0 Å². The fraction of sp³-hybridized carbons (Fsp3) is 0.500. The maximum atomic E-state index is 8.70. The van der Waals surface area contributed by atoms with Crippen molar-refractivity contribution in [3.05, 3.63) is 59.8 Å². The monoisotopic (exact) mass is 309 g/mol. The summed E-state index contributed by atoms with van der Waals surface area (Å²) in [5.41, 5.74) is 4.31. The molecule has 1 heteroatoms. The zero-order valence-electron chi connectivity index (χ0n) is 14.7. The molecule has 0 bridgehead atoms. The van der Waals surface area contributed by atoms with Gasteiger partial charge in [0.2, 0.25) is 0 Å². The van der Waals surface area contributed by atoms with Crippen LogP contribution in [0.15, 0.2) is 59.8 Å². The number of nitrogens with zero attached hydrogens (tertiary/aromatic N) is 1. The largest absolute Gasteiger partial charge is 0.192 e. The van der Waals surface area contributed by atoms with Crippen molar-refractivity contribution in [2.24, 2.45) is 0 Å². The molecule has 0 aromatic heterocycles. The fourth-order valence-corrected chi connectivity index (χ4v) is 2.81. The second-order valence-corrected chi connectivity index (χ2v) is 6.38. The normalized spacial score (nSPS) is 14.3. The van der Waals surface area contributed by atoms with Gasteiger partial charge in [0.05, 0.1) is 6.07 Å². The lowest BCUT2D eigenvalue weighted by atomic mass is 9.91. The summed E-state index contributed by atoms with van der Waals surface area (Å²) in [4.78, 5) is 0. The zero-order chi connectivity index (χ0) is 16.9. The van der Waals surface area contributed by atoms with Gasteiger partial charge in [-0.2, -0.15) is 5.26 Å². The first-order valence-electron chi connectivity index (χ1n) is 9.02. The van der Waals surface area contributed by atoms with Crippen LogP contribution in [0.4, 0.5) is 0 Å². The number of hydrogen-bond donors (Lipinski definition) is 0. The van der Waals surface area contributed by atoms with E-state index in [0.717, 1.165) is 18.4 Å². The third-order valence-corrected chi connectivity index (χ3v) is 4.38. The summed E-state index contributed by atoms with van der Waals surface area (Å²) in [6, 6.07) is 2.02. The molecule has 0 radical (unpaired) electrons. The maximum Gasteiger partial charge on any atom is 0.0985 e. The van der Waals surface area contributed by atoms with Crippen LogP contribution in [0, 0.1) is 11.3 Å². The minimum atomic E-state index is 0.470. The lowest BCUT2D eigenvalue weighted by Crippen LogP contribution is -1.95. The number of allylic oxidation sites excluding steroid dienone is 8. The Balaban J connectivity index is 2.29. The molecule has 1 rings (SSSR count). The molecule has 1 aliphatic carbocycles. The van der Waals surface area contributed by atoms with Gasteiger partial charge >= 0.3 is 0 Å². The SMILES string of the molecule is C=C(C#N)/C=C\C(=C)C1=CC=C(CCCCCCCCC)CC1. The van der Waals surface area contributed by atoms with Gasteiger partial charge in [-0.3, -0.25) is 0 Å². The molecule has 0 saturated carbocycles. The molecule has 23 heavy (non-hydrogen) atoms. The Morgan fingerprint density at radius 3 is 2.35 bits per heavy atom. The zero-order valence-corrected chi connectivity index (χ0v) is 14.7. The summed E-state index contributed by atoms with van der Waals surface area (Å²) in [5, 5.41) is 8.70. The minimum Gasteiger partial charge on any atom is -0.192 e. The smallest absolute Gasteiger partial charge is 0.0985 e. The van der Waals surface area contributed by atoms with Gasteiger partial charge in [-0.25, -0.2) is 0 Å². The number of hydrogen-bond acceptors (Lipinski definition) is 1. The first-order valence-corrected chi connectivity index (χ1v) is 9.02. The van der Waals surface area contributed by atoms with Crippen molar-refractivity contribution in [3.8, 4) is 6.07 Å². The van der Waals surface area contributed by atoms with Crippen LogP contribution >= 0.6 is 0 Å². The van der Waals surface area contributed by atoms with E-state index in [1.54, 1.807) is 11.6 Å². The highest BCUT2D eigenvalue weighted by Crippen LogP contribution is 2.27. The molecule has 0 aliphatic heterocycles. The summed E-state index contributed by atoms with van der Waals surface area (Å²) >= 11 is 0. The Morgan fingerprint density at radius 2 is 1.74 bits per heavy atom. The Labute approximate surface area is 142 Å². The van der Waals surface area contributed by atoms with E-state index in [1.807, 2.05) is 12.1 Å². The highest BCUT2D eigenvalue weighted by Gasteiger charge is 2.07. The van der Waals surface area contributed by atoms with Gasteiger partial charge in [0, 0.05) is 5.57 Å². The quantitative estimate of drug-likeness (QED) is 0.230. The minimum absolute atomic E-state index is 0.470.